The first-order valence-electron chi connectivity index (χ1n) is 9.29. The molecule has 1 amide bonds. The van der Waals surface area contributed by atoms with Crippen LogP contribution >= 0.6 is 0 Å². The van der Waals surface area contributed by atoms with E-state index in [0.29, 0.717) is 19.5 Å². The molecule has 5 nitrogen and oxygen atoms in total. The van der Waals surface area contributed by atoms with Crippen molar-refractivity contribution in [2.75, 3.05) is 13.1 Å². The number of benzene rings is 2. The maximum atomic E-state index is 12.7. The first-order valence-corrected chi connectivity index (χ1v) is 10.9. The molecule has 0 aliphatic carbocycles. The Morgan fingerprint density at radius 2 is 1.85 bits per heavy atom. The van der Waals surface area contributed by atoms with Gasteiger partial charge in [0.2, 0.25) is 15.9 Å². The van der Waals surface area contributed by atoms with Crippen LogP contribution in [0.4, 0.5) is 0 Å². The van der Waals surface area contributed by atoms with E-state index in [2.05, 4.69) is 5.32 Å². The third-order valence-electron chi connectivity index (χ3n) is 4.89. The second-order valence-corrected chi connectivity index (χ2v) is 9.11. The van der Waals surface area contributed by atoms with Crippen molar-refractivity contribution in [1.82, 2.24) is 9.62 Å². The van der Waals surface area contributed by atoms with Gasteiger partial charge in [0, 0.05) is 19.6 Å². The molecule has 0 aromatic heterocycles. The van der Waals surface area contributed by atoms with E-state index in [-0.39, 0.29) is 24.1 Å². The molecule has 1 N–H and O–H groups in total. The van der Waals surface area contributed by atoms with E-state index in [1.165, 1.54) is 4.31 Å². The second kappa shape index (κ2) is 8.67. The van der Waals surface area contributed by atoms with Crippen LogP contribution in [0.1, 0.15) is 29.5 Å². The summed E-state index contributed by atoms with van der Waals surface area (Å²) in [5.74, 6) is -0.393. The van der Waals surface area contributed by atoms with Crippen molar-refractivity contribution in [3.05, 3.63) is 71.3 Å². The minimum Gasteiger partial charge on any atom is -0.352 e. The third kappa shape index (κ3) is 5.40. The number of hydrogen-bond acceptors (Lipinski definition) is 3. The standard InChI is InChI=1S/C21H26N2O3S/c1-17-7-5-10-19(13-17)14-22-21(24)20-11-6-12-23(15-20)27(25,26)16-18-8-3-2-4-9-18/h2-5,7-10,13,20H,6,11-12,14-16H2,1H3,(H,22,24). The van der Waals surface area contributed by atoms with E-state index >= 15 is 0 Å². The van der Waals surface area contributed by atoms with Crippen molar-refractivity contribution in [2.24, 2.45) is 5.92 Å². The molecule has 1 atom stereocenters. The largest absolute Gasteiger partial charge is 0.352 e. The van der Waals surface area contributed by atoms with Crippen molar-refractivity contribution in [3.63, 3.8) is 0 Å². The SMILES string of the molecule is Cc1cccc(CNC(=O)C2CCCN(S(=O)(=O)Cc3ccccc3)C2)c1. The number of aryl methyl sites for hydroxylation is 1. The van der Waals surface area contributed by atoms with Crippen LogP contribution < -0.4 is 5.32 Å². The lowest BCUT2D eigenvalue weighted by Gasteiger charge is -2.31. The molecule has 6 heteroatoms. The van der Waals surface area contributed by atoms with Crippen LogP contribution in [0.25, 0.3) is 0 Å². The van der Waals surface area contributed by atoms with Crippen LogP contribution in [0, 0.1) is 12.8 Å². The van der Waals surface area contributed by atoms with E-state index in [0.717, 1.165) is 23.1 Å². The summed E-state index contributed by atoms with van der Waals surface area (Å²) < 4.78 is 26.9. The Hall–Kier alpha value is -2.18. The van der Waals surface area contributed by atoms with Gasteiger partial charge in [0.25, 0.3) is 0 Å². The average Bonchev–Trinajstić information content (AvgIpc) is 2.67. The monoisotopic (exact) mass is 386 g/mol. The van der Waals surface area contributed by atoms with Crippen LogP contribution in [0.3, 0.4) is 0 Å². The molecular weight excluding hydrogens is 360 g/mol. The quantitative estimate of drug-likeness (QED) is 0.830. The van der Waals surface area contributed by atoms with Crippen molar-refractivity contribution in [1.29, 1.82) is 0 Å². The lowest BCUT2D eigenvalue weighted by atomic mass is 9.98. The van der Waals surface area contributed by atoms with Gasteiger partial charge in [-0.05, 0) is 30.9 Å². The van der Waals surface area contributed by atoms with E-state index < -0.39 is 10.0 Å². The molecule has 1 heterocycles. The maximum absolute atomic E-state index is 12.7. The summed E-state index contributed by atoms with van der Waals surface area (Å²) >= 11 is 0. The summed E-state index contributed by atoms with van der Waals surface area (Å²) in [7, 11) is -3.42. The lowest BCUT2D eigenvalue weighted by molar-refractivity contribution is -0.126. The van der Waals surface area contributed by atoms with E-state index in [9.17, 15) is 13.2 Å². The summed E-state index contributed by atoms with van der Waals surface area (Å²) in [6.07, 6.45) is 1.42. The molecule has 2 aromatic rings. The zero-order valence-electron chi connectivity index (χ0n) is 15.6. The highest BCUT2D eigenvalue weighted by atomic mass is 32.2. The summed E-state index contributed by atoms with van der Waals surface area (Å²) in [5, 5.41) is 2.96. The zero-order chi connectivity index (χ0) is 19.3. The van der Waals surface area contributed by atoms with E-state index in [1.807, 2.05) is 61.5 Å². The molecule has 144 valence electrons. The number of rotatable bonds is 6. The van der Waals surface area contributed by atoms with Crippen LogP contribution in [0.5, 0.6) is 0 Å². The number of nitrogens with one attached hydrogen (secondary N) is 1. The van der Waals surface area contributed by atoms with Gasteiger partial charge in [-0.3, -0.25) is 4.79 Å². The number of carbonyl (C=O) groups is 1. The van der Waals surface area contributed by atoms with Crippen molar-refractivity contribution >= 4 is 15.9 Å². The number of carbonyl (C=O) groups excluding carboxylic acids is 1. The van der Waals surface area contributed by atoms with E-state index in [4.69, 9.17) is 0 Å². The first kappa shape index (κ1) is 19.6. The number of hydrogen-bond donors (Lipinski definition) is 1. The molecule has 0 saturated carbocycles. The molecule has 3 rings (SSSR count). The molecule has 1 saturated heterocycles. The average molecular weight is 387 g/mol. The Morgan fingerprint density at radius 3 is 2.59 bits per heavy atom. The Labute approximate surface area is 161 Å². The lowest BCUT2D eigenvalue weighted by Crippen LogP contribution is -2.45. The molecule has 1 aliphatic rings. The smallest absolute Gasteiger partial charge is 0.224 e. The molecule has 2 aromatic carbocycles. The molecule has 0 spiro atoms. The van der Waals surface area contributed by atoms with Gasteiger partial charge >= 0.3 is 0 Å². The first-order chi connectivity index (χ1) is 12.9. The van der Waals surface area contributed by atoms with Crippen LogP contribution in [-0.2, 0) is 27.1 Å². The van der Waals surface area contributed by atoms with E-state index in [1.54, 1.807) is 0 Å². The van der Waals surface area contributed by atoms with Crippen molar-refractivity contribution in [3.8, 4) is 0 Å². The highest BCUT2D eigenvalue weighted by Crippen LogP contribution is 2.22. The van der Waals surface area contributed by atoms with Gasteiger partial charge in [0.15, 0.2) is 0 Å². The van der Waals surface area contributed by atoms with Gasteiger partial charge in [-0.2, -0.15) is 0 Å². The Kier molecular flexibility index (Phi) is 6.29. The van der Waals surface area contributed by atoms with Gasteiger partial charge < -0.3 is 5.32 Å². The maximum Gasteiger partial charge on any atom is 0.224 e. The minimum absolute atomic E-state index is 0.0223. The van der Waals surface area contributed by atoms with Gasteiger partial charge in [-0.15, -0.1) is 0 Å². The zero-order valence-corrected chi connectivity index (χ0v) is 16.4. The Balaban J connectivity index is 1.59. The summed E-state index contributed by atoms with van der Waals surface area (Å²) in [5.41, 5.74) is 2.97. The van der Waals surface area contributed by atoms with Gasteiger partial charge in [-0.25, -0.2) is 12.7 Å². The van der Waals surface area contributed by atoms with Crippen LogP contribution in [-0.4, -0.2) is 31.7 Å². The van der Waals surface area contributed by atoms with Crippen LogP contribution in [0.2, 0.25) is 0 Å². The topological polar surface area (TPSA) is 66.5 Å². The number of nitrogens with zero attached hydrogens (tertiary/aromatic N) is 1. The highest BCUT2D eigenvalue weighted by Gasteiger charge is 2.32. The predicted molar refractivity (Wildman–Crippen MR) is 106 cm³/mol. The molecule has 1 aliphatic heterocycles. The summed E-state index contributed by atoms with van der Waals surface area (Å²) in [4.78, 5) is 12.6. The normalized spacial score (nSPS) is 18.2. The van der Waals surface area contributed by atoms with Gasteiger partial charge in [0.1, 0.15) is 0 Å². The van der Waals surface area contributed by atoms with Gasteiger partial charge in [0.05, 0.1) is 11.7 Å². The fraction of sp³-hybridized carbons (Fsp3) is 0.381. The van der Waals surface area contributed by atoms with Crippen molar-refractivity contribution < 1.29 is 13.2 Å². The van der Waals surface area contributed by atoms with Crippen LogP contribution in [0.15, 0.2) is 54.6 Å². The molecule has 0 radical (unpaired) electrons. The van der Waals surface area contributed by atoms with Gasteiger partial charge in [-0.1, -0.05) is 60.2 Å². The fourth-order valence-electron chi connectivity index (χ4n) is 3.44. The summed E-state index contributed by atoms with van der Waals surface area (Å²) in [6.45, 7) is 3.22. The fourth-order valence-corrected chi connectivity index (χ4v) is 5.05. The number of piperidine rings is 1. The Morgan fingerprint density at radius 1 is 1.11 bits per heavy atom. The predicted octanol–water partition coefficient (Wildman–Crippen LogP) is 2.85. The molecule has 1 fully saturated rings. The second-order valence-electron chi connectivity index (χ2n) is 7.15. The molecule has 0 bridgehead atoms. The third-order valence-corrected chi connectivity index (χ3v) is 6.71. The number of amides is 1. The molecule has 1 unspecified atom stereocenters. The van der Waals surface area contributed by atoms with Crippen molar-refractivity contribution in [2.45, 2.75) is 32.1 Å². The summed E-state index contributed by atoms with van der Waals surface area (Å²) in [6, 6.07) is 17.2. The minimum atomic E-state index is -3.42. The Bertz CT molecular complexity index is 881. The highest BCUT2D eigenvalue weighted by molar-refractivity contribution is 7.88. The molecular formula is C21H26N2O3S. The number of sulfonamides is 1. The molecule has 27 heavy (non-hydrogen) atoms.